The van der Waals surface area contributed by atoms with Crippen LogP contribution in [-0.2, 0) is 0 Å². The highest BCUT2D eigenvalue weighted by molar-refractivity contribution is 6.33. The molecular formula is C15H24ClN3. The summed E-state index contributed by atoms with van der Waals surface area (Å²) < 4.78 is 0. The van der Waals surface area contributed by atoms with E-state index in [2.05, 4.69) is 42.8 Å². The normalized spacial score (nSPS) is 26.5. The highest BCUT2D eigenvalue weighted by Crippen LogP contribution is 2.30. The first kappa shape index (κ1) is 14.6. The van der Waals surface area contributed by atoms with E-state index < -0.39 is 0 Å². The van der Waals surface area contributed by atoms with Gasteiger partial charge in [0, 0.05) is 31.2 Å². The summed E-state index contributed by atoms with van der Waals surface area (Å²) in [5.74, 6) is 0. The smallest absolute Gasteiger partial charge is 0.0642 e. The average molecular weight is 282 g/mol. The van der Waals surface area contributed by atoms with E-state index in [9.17, 15) is 0 Å². The molecule has 1 aliphatic heterocycles. The number of hydrogen-bond donors (Lipinski definition) is 1. The second-order valence-corrected chi connectivity index (χ2v) is 6.18. The highest BCUT2D eigenvalue weighted by atomic mass is 35.5. The predicted octanol–water partition coefficient (Wildman–Crippen LogP) is 2.89. The molecule has 3 nitrogen and oxygen atoms in total. The fourth-order valence-corrected chi connectivity index (χ4v) is 2.97. The van der Waals surface area contributed by atoms with E-state index in [1.54, 1.807) is 0 Å². The molecule has 2 N–H and O–H groups in total. The van der Waals surface area contributed by atoms with Gasteiger partial charge in [-0.3, -0.25) is 4.90 Å². The van der Waals surface area contributed by atoms with Gasteiger partial charge in [0.15, 0.2) is 0 Å². The molecule has 1 aromatic rings. The molecule has 0 amide bonds. The minimum Gasteiger partial charge on any atom is -0.367 e. The van der Waals surface area contributed by atoms with Crippen LogP contribution in [0.15, 0.2) is 18.2 Å². The summed E-state index contributed by atoms with van der Waals surface area (Å²) in [5.41, 5.74) is 8.10. The SMILES string of the molecule is CC1CN(c2ccc([C@H](C)N)cc2Cl)CC(C)N1C. The molecule has 0 radical (unpaired) electrons. The number of rotatable bonds is 2. The van der Waals surface area contributed by atoms with E-state index in [1.165, 1.54) is 0 Å². The number of likely N-dealkylation sites (N-methyl/N-ethyl adjacent to an activating group) is 1. The zero-order valence-electron chi connectivity index (χ0n) is 12.2. The van der Waals surface area contributed by atoms with Crippen molar-refractivity contribution in [2.24, 2.45) is 5.73 Å². The predicted molar refractivity (Wildman–Crippen MR) is 83.0 cm³/mol. The summed E-state index contributed by atoms with van der Waals surface area (Å²) in [7, 11) is 2.19. The Morgan fingerprint density at radius 1 is 1.26 bits per heavy atom. The Morgan fingerprint density at radius 2 is 1.84 bits per heavy atom. The van der Waals surface area contributed by atoms with Crippen LogP contribution >= 0.6 is 11.6 Å². The van der Waals surface area contributed by atoms with Gasteiger partial charge in [0.05, 0.1) is 10.7 Å². The number of nitrogens with zero attached hydrogens (tertiary/aromatic N) is 2. The second-order valence-electron chi connectivity index (χ2n) is 5.77. The second kappa shape index (κ2) is 5.70. The largest absolute Gasteiger partial charge is 0.367 e. The van der Waals surface area contributed by atoms with Gasteiger partial charge >= 0.3 is 0 Å². The van der Waals surface area contributed by atoms with Gasteiger partial charge in [-0.15, -0.1) is 0 Å². The lowest BCUT2D eigenvalue weighted by molar-refractivity contribution is 0.170. The molecule has 106 valence electrons. The third-order valence-corrected chi connectivity index (χ3v) is 4.50. The molecular weight excluding hydrogens is 258 g/mol. The summed E-state index contributed by atoms with van der Waals surface area (Å²) >= 11 is 6.43. The maximum absolute atomic E-state index is 6.43. The Kier molecular flexibility index (Phi) is 4.39. The first-order valence-corrected chi connectivity index (χ1v) is 7.30. The lowest BCUT2D eigenvalue weighted by Crippen LogP contribution is -2.55. The van der Waals surface area contributed by atoms with Gasteiger partial charge in [0.25, 0.3) is 0 Å². The van der Waals surface area contributed by atoms with Crippen molar-refractivity contribution >= 4 is 17.3 Å². The molecule has 0 aromatic heterocycles. The number of piperazine rings is 1. The van der Waals surface area contributed by atoms with E-state index in [-0.39, 0.29) is 6.04 Å². The molecule has 0 bridgehead atoms. The van der Waals surface area contributed by atoms with Crippen molar-refractivity contribution in [3.8, 4) is 0 Å². The lowest BCUT2D eigenvalue weighted by Gasteiger charge is -2.43. The summed E-state index contributed by atoms with van der Waals surface area (Å²) in [4.78, 5) is 4.80. The lowest BCUT2D eigenvalue weighted by atomic mass is 10.1. The first-order chi connectivity index (χ1) is 8.90. The molecule has 1 aromatic carbocycles. The fraction of sp³-hybridized carbons (Fsp3) is 0.600. The molecule has 1 saturated heterocycles. The van der Waals surface area contributed by atoms with Crippen LogP contribution in [0.5, 0.6) is 0 Å². The fourth-order valence-electron chi connectivity index (χ4n) is 2.66. The average Bonchev–Trinajstić information content (AvgIpc) is 2.35. The van der Waals surface area contributed by atoms with E-state index in [0.29, 0.717) is 12.1 Å². The molecule has 4 heteroatoms. The van der Waals surface area contributed by atoms with Crippen LogP contribution in [0.4, 0.5) is 5.69 Å². The number of hydrogen-bond acceptors (Lipinski definition) is 3. The Morgan fingerprint density at radius 3 is 2.32 bits per heavy atom. The molecule has 2 unspecified atom stereocenters. The van der Waals surface area contributed by atoms with E-state index in [0.717, 1.165) is 29.4 Å². The molecule has 1 aliphatic rings. The number of anilines is 1. The van der Waals surface area contributed by atoms with Crippen molar-refractivity contribution in [3.63, 3.8) is 0 Å². The number of nitrogens with two attached hydrogens (primary N) is 1. The summed E-state index contributed by atoms with van der Waals surface area (Å²) in [6.45, 7) is 8.52. The summed E-state index contributed by atoms with van der Waals surface area (Å²) in [6.07, 6.45) is 0. The molecule has 1 fully saturated rings. The Balaban J connectivity index is 2.23. The minimum absolute atomic E-state index is 0.0249. The van der Waals surface area contributed by atoms with Crippen molar-refractivity contribution < 1.29 is 0 Å². The molecule has 0 aliphatic carbocycles. The third-order valence-electron chi connectivity index (χ3n) is 4.20. The van der Waals surface area contributed by atoms with Crippen molar-refractivity contribution in [2.45, 2.75) is 38.9 Å². The number of benzene rings is 1. The quantitative estimate of drug-likeness (QED) is 0.905. The highest BCUT2D eigenvalue weighted by Gasteiger charge is 2.27. The Labute approximate surface area is 121 Å². The van der Waals surface area contributed by atoms with Crippen LogP contribution in [0.2, 0.25) is 5.02 Å². The molecule has 0 spiro atoms. The monoisotopic (exact) mass is 281 g/mol. The van der Waals surface area contributed by atoms with E-state index >= 15 is 0 Å². The summed E-state index contributed by atoms with van der Waals surface area (Å²) in [5, 5.41) is 0.804. The van der Waals surface area contributed by atoms with Crippen molar-refractivity contribution in [3.05, 3.63) is 28.8 Å². The van der Waals surface area contributed by atoms with Crippen LogP contribution < -0.4 is 10.6 Å². The van der Waals surface area contributed by atoms with Gasteiger partial charge in [-0.25, -0.2) is 0 Å². The van der Waals surface area contributed by atoms with Gasteiger partial charge in [0.1, 0.15) is 0 Å². The van der Waals surface area contributed by atoms with Gasteiger partial charge in [-0.2, -0.15) is 0 Å². The van der Waals surface area contributed by atoms with Crippen LogP contribution in [0, 0.1) is 0 Å². The van der Waals surface area contributed by atoms with Crippen LogP contribution in [-0.4, -0.2) is 37.1 Å². The van der Waals surface area contributed by atoms with Gasteiger partial charge in [-0.05, 0) is 45.5 Å². The standard InChI is InChI=1S/C15H24ClN3/c1-10-8-19(9-11(2)18(10)4)15-6-5-13(12(3)17)7-14(15)16/h5-7,10-12H,8-9,17H2,1-4H3/t10?,11?,12-/m0/s1. The molecule has 19 heavy (non-hydrogen) atoms. The van der Waals surface area contributed by atoms with Gasteiger partial charge in [0.2, 0.25) is 0 Å². The van der Waals surface area contributed by atoms with Crippen LogP contribution in [0.1, 0.15) is 32.4 Å². The third kappa shape index (κ3) is 3.04. The maximum atomic E-state index is 6.43. The number of halogens is 1. The first-order valence-electron chi connectivity index (χ1n) is 6.92. The Bertz CT molecular complexity index is 435. The van der Waals surface area contributed by atoms with E-state index in [4.69, 9.17) is 17.3 Å². The van der Waals surface area contributed by atoms with E-state index in [1.807, 2.05) is 13.0 Å². The van der Waals surface area contributed by atoms with Crippen LogP contribution in [0.3, 0.4) is 0 Å². The molecule has 2 rings (SSSR count). The van der Waals surface area contributed by atoms with Gasteiger partial charge in [-0.1, -0.05) is 17.7 Å². The molecule has 3 atom stereocenters. The topological polar surface area (TPSA) is 32.5 Å². The van der Waals surface area contributed by atoms with Crippen molar-refractivity contribution in [1.82, 2.24) is 4.90 Å². The zero-order chi connectivity index (χ0) is 14.2. The minimum atomic E-state index is 0.0249. The molecule has 0 saturated carbocycles. The van der Waals surface area contributed by atoms with Crippen molar-refractivity contribution in [1.29, 1.82) is 0 Å². The zero-order valence-corrected chi connectivity index (χ0v) is 13.0. The Hall–Kier alpha value is -0.770. The van der Waals surface area contributed by atoms with Crippen LogP contribution in [0.25, 0.3) is 0 Å². The molecule has 1 heterocycles. The van der Waals surface area contributed by atoms with Gasteiger partial charge < -0.3 is 10.6 Å². The van der Waals surface area contributed by atoms with Crippen molar-refractivity contribution in [2.75, 3.05) is 25.0 Å². The maximum Gasteiger partial charge on any atom is 0.0642 e. The summed E-state index contributed by atoms with van der Waals surface area (Å²) in [6, 6.07) is 7.28.